The van der Waals surface area contributed by atoms with Gasteiger partial charge in [-0.2, -0.15) is 5.10 Å². The Balaban J connectivity index is 1.12. The first-order chi connectivity index (χ1) is 18.8. The van der Waals surface area contributed by atoms with Gasteiger partial charge in [-0.1, -0.05) is 0 Å². The second-order valence-electron chi connectivity index (χ2n) is 10.4. The number of nitrogens with zero attached hydrogens (tertiary/aromatic N) is 6. The van der Waals surface area contributed by atoms with E-state index < -0.39 is 5.60 Å². The van der Waals surface area contributed by atoms with E-state index in [2.05, 4.69) is 15.0 Å². The number of aromatic nitrogens is 4. The second kappa shape index (κ2) is 9.90. The molecule has 2 N–H and O–H groups in total. The molecule has 2 aromatic carbocycles. The lowest BCUT2D eigenvalue weighted by Gasteiger charge is -2.38. The molecule has 0 radical (unpaired) electrons. The molecular weight excluding hydrogens is 503 g/mol. The van der Waals surface area contributed by atoms with Gasteiger partial charge in [-0.15, -0.1) is 0 Å². The molecule has 0 aliphatic carbocycles. The molecule has 202 valence electrons. The predicted octanol–water partition coefficient (Wildman–Crippen LogP) is 1.96. The van der Waals surface area contributed by atoms with Crippen LogP contribution in [0.15, 0.2) is 65.8 Å². The third-order valence-corrected chi connectivity index (χ3v) is 7.71. The number of hydrogen-bond acceptors (Lipinski definition) is 7. The summed E-state index contributed by atoms with van der Waals surface area (Å²) in [5.74, 6) is -0.470. The molecule has 4 heterocycles. The van der Waals surface area contributed by atoms with E-state index in [-0.39, 0.29) is 29.9 Å². The van der Waals surface area contributed by atoms with Crippen LogP contribution < -0.4 is 10.5 Å². The molecule has 2 aliphatic rings. The normalized spacial score (nSPS) is 19.1. The maximum atomic E-state index is 13.3. The molecule has 1 atom stereocenters. The minimum atomic E-state index is -1.16. The number of fused-ring (bicyclic) bond motifs is 1. The maximum absolute atomic E-state index is 13.3. The number of halogens is 1. The van der Waals surface area contributed by atoms with E-state index in [0.717, 1.165) is 18.7 Å². The number of piperidine rings is 1. The molecule has 2 aliphatic heterocycles. The van der Waals surface area contributed by atoms with Crippen molar-refractivity contribution in [1.82, 2.24) is 24.2 Å². The van der Waals surface area contributed by atoms with Gasteiger partial charge in [0, 0.05) is 37.4 Å². The fourth-order valence-electron chi connectivity index (χ4n) is 5.41. The summed E-state index contributed by atoms with van der Waals surface area (Å²) in [5, 5.41) is 25.6. The largest absolute Gasteiger partial charge is 0.391 e. The second-order valence-corrected chi connectivity index (χ2v) is 10.4. The highest BCUT2D eigenvalue weighted by Gasteiger charge is 2.35. The van der Waals surface area contributed by atoms with E-state index in [1.807, 2.05) is 12.1 Å². The standard InChI is InChI=1S/C28H29FN6O4/c29-20-3-7-22(8-4-20)35-25-24(15-31-35)27(38)34(18-30-25)17-28(39)10-13-32(14-11-28)26(37)19-1-5-21(6-2-19)33-12-9-23(36)16-33/h1-8,15,18,23,36,39H,9-14,16-17H2/t23-/m0/s1. The van der Waals surface area contributed by atoms with E-state index in [9.17, 15) is 24.2 Å². The van der Waals surface area contributed by atoms with Gasteiger partial charge >= 0.3 is 0 Å². The first-order valence-electron chi connectivity index (χ1n) is 13.0. The number of benzene rings is 2. The van der Waals surface area contributed by atoms with E-state index >= 15 is 0 Å². The minimum absolute atomic E-state index is 0.0505. The quantitative estimate of drug-likeness (QED) is 0.404. The Morgan fingerprint density at radius 3 is 2.38 bits per heavy atom. The number of rotatable bonds is 5. The summed E-state index contributed by atoms with van der Waals surface area (Å²) >= 11 is 0. The highest BCUT2D eigenvalue weighted by Crippen LogP contribution is 2.26. The lowest BCUT2D eigenvalue weighted by Crippen LogP contribution is -2.49. The molecule has 4 aromatic rings. The first-order valence-corrected chi connectivity index (χ1v) is 13.0. The van der Waals surface area contributed by atoms with Crippen molar-refractivity contribution in [2.75, 3.05) is 31.1 Å². The number of anilines is 1. The SMILES string of the molecule is O=C(c1ccc(N2CC[C@H](O)C2)cc1)N1CCC(O)(Cn2cnc3c(cnn3-c3ccc(F)cc3)c2=O)CC1. The number of hydrogen-bond donors (Lipinski definition) is 2. The van der Waals surface area contributed by atoms with Crippen LogP contribution in [0.4, 0.5) is 10.1 Å². The summed E-state index contributed by atoms with van der Waals surface area (Å²) in [4.78, 5) is 34.5. The van der Waals surface area contributed by atoms with Crippen LogP contribution in [0.1, 0.15) is 29.6 Å². The number of aliphatic hydroxyl groups is 2. The summed E-state index contributed by atoms with van der Waals surface area (Å²) in [6, 6.07) is 13.1. The molecule has 2 aromatic heterocycles. The molecule has 39 heavy (non-hydrogen) atoms. The number of likely N-dealkylation sites (tertiary alicyclic amines) is 1. The zero-order valence-corrected chi connectivity index (χ0v) is 21.3. The summed E-state index contributed by atoms with van der Waals surface area (Å²) in [6.45, 7) is 2.17. The van der Waals surface area contributed by atoms with Crippen molar-refractivity contribution in [3.8, 4) is 5.69 Å². The molecule has 2 saturated heterocycles. The molecule has 0 unspecified atom stereocenters. The Morgan fingerprint density at radius 1 is 1.03 bits per heavy atom. The van der Waals surface area contributed by atoms with Crippen LogP contribution in [0, 0.1) is 5.82 Å². The topological polar surface area (TPSA) is 117 Å². The maximum Gasteiger partial charge on any atom is 0.264 e. The Labute approximate surface area is 223 Å². The van der Waals surface area contributed by atoms with Gasteiger partial charge in [-0.25, -0.2) is 14.1 Å². The zero-order valence-electron chi connectivity index (χ0n) is 21.3. The van der Waals surface area contributed by atoms with Crippen molar-refractivity contribution in [3.63, 3.8) is 0 Å². The fourth-order valence-corrected chi connectivity index (χ4v) is 5.41. The van der Waals surface area contributed by atoms with Crippen molar-refractivity contribution >= 4 is 22.6 Å². The summed E-state index contributed by atoms with van der Waals surface area (Å²) in [6.07, 6.45) is 3.89. The van der Waals surface area contributed by atoms with Gasteiger partial charge in [0.25, 0.3) is 11.5 Å². The molecule has 11 heteroatoms. The number of carbonyl (C=O) groups excluding carboxylic acids is 1. The predicted molar refractivity (Wildman–Crippen MR) is 142 cm³/mol. The summed E-state index contributed by atoms with van der Waals surface area (Å²) in [5.41, 5.74) is 0.996. The lowest BCUT2D eigenvalue weighted by molar-refractivity contribution is -0.0299. The van der Waals surface area contributed by atoms with Crippen LogP contribution in [0.3, 0.4) is 0 Å². The monoisotopic (exact) mass is 532 g/mol. The third kappa shape index (κ3) is 4.90. The highest BCUT2D eigenvalue weighted by atomic mass is 19.1. The van der Waals surface area contributed by atoms with Crippen LogP contribution >= 0.6 is 0 Å². The van der Waals surface area contributed by atoms with Crippen molar-refractivity contribution in [1.29, 1.82) is 0 Å². The van der Waals surface area contributed by atoms with Gasteiger partial charge < -0.3 is 20.0 Å². The number of carbonyl (C=O) groups is 1. The summed E-state index contributed by atoms with van der Waals surface area (Å²) in [7, 11) is 0. The average Bonchev–Trinajstić information content (AvgIpc) is 3.58. The Hall–Kier alpha value is -4.09. The smallest absolute Gasteiger partial charge is 0.264 e. The minimum Gasteiger partial charge on any atom is -0.391 e. The third-order valence-electron chi connectivity index (χ3n) is 7.71. The van der Waals surface area contributed by atoms with Gasteiger partial charge in [-0.05, 0) is 67.8 Å². The molecule has 0 spiro atoms. The Kier molecular flexibility index (Phi) is 6.40. The van der Waals surface area contributed by atoms with Crippen LogP contribution in [0.5, 0.6) is 0 Å². The Morgan fingerprint density at radius 2 is 1.72 bits per heavy atom. The van der Waals surface area contributed by atoms with Crippen LogP contribution in [0.25, 0.3) is 16.7 Å². The first kappa shape index (κ1) is 25.2. The van der Waals surface area contributed by atoms with E-state index in [1.165, 1.54) is 33.9 Å². The molecular formula is C28H29FN6O4. The van der Waals surface area contributed by atoms with Crippen molar-refractivity contribution in [3.05, 3.63) is 82.8 Å². The van der Waals surface area contributed by atoms with Gasteiger partial charge in [0.1, 0.15) is 17.5 Å². The van der Waals surface area contributed by atoms with E-state index in [0.29, 0.717) is 54.8 Å². The van der Waals surface area contributed by atoms with Crippen molar-refractivity contribution < 1.29 is 19.4 Å². The lowest BCUT2D eigenvalue weighted by atomic mass is 9.91. The van der Waals surface area contributed by atoms with Crippen LogP contribution in [0.2, 0.25) is 0 Å². The van der Waals surface area contributed by atoms with Gasteiger partial charge in [0.2, 0.25) is 0 Å². The number of aliphatic hydroxyl groups excluding tert-OH is 1. The zero-order chi connectivity index (χ0) is 27.1. The van der Waals surface area contributed by atoms with Gasteiger partial charge in [-0.3, -0.25) is 14.2 Å². The van der Waals surface area contributed by atoms with Gasteiger partial charge in [0.05, 0.1) is 30.1 Å². The van der Waals surface area contributed by atoms with E-state index in [1.54, 1.807) is 29.2 Å². The number of β-amino-alcohol motifs (C(OH)–C–C–N with tert-alkyl or cyclic N) is 1. The van der Waals surface area contributed by atoms with Crippen LogP contribution in [-0.2, 0) is 6.54 Å². The molecule has 1 amide bonds. The molecule has 0 bridgehead atoms. The van der Waals surface area contributed by atoms with Crippen LogP contribution in [-0.4, -0.2) is 78.2 Å². The average molecular weight is 533 g/mol. The Bertz CT molecular complexity index is 1560. The molecule has 10 nitrogen and oxygen atoms in total. The highest BCUT2D eigenvalue weighted by molar-refractivity contribution is 5.94. The van der Waals surface area contributed by atoms with E-state index in [4.69, 9.17) is 0 Å². The number of amides is 1. The summed E-state index contributed by atoms with van der Waals surface area (Å²) < 4.78 is 16.2. The fraction of sp³-hybridized carbons (Fsp3) is 0.357. The van der Waals surface area contributed by atoms with Crippen molar-refractivity contribution in [2.24, 2.45) is 0 Å². The molecule has 0 saturated carbocycles. The van der Waals surface area contributed by atoms with Crippen molar-refractivity contribution in [2.45, 2.75) is 37.5 Å². The molecule has 2 fully saturated rings. The molecule has 6 rings (SSSR count). The van der Waals surface area contributed by atoms with Gasteiger partial charge in [0.15, 0.2) is 5.65 Å².